The Morgan fingerprint density at radius 3 is 2.19 bits per heavy atom. The van der Waals surface area contributed by atoms with E-state index in [9.17, 15) is 14.4 Å². The van der Waals surface area contributed by atoms with E-state index in [0.29, 0.717) is 43.2 Å². The SMILES string of the molecule is CCOC(=O)CCN(CCCNC(C)=O)C(=O)c1cc(OC)cc(OC)c1. The van der Waals surface area contributed by atoms with Crippen LogP contribution in [0.4, 0.5) is 0 Å². The van der Waals surface area contributed by atoms with Gasteiger partial charge in [0.2, 0.25) is 5.91 Å². The summed E-state index contributed by atoms with van der Waals surface area (Å²) in [5.74, 6) is 0.263. The minimum atomic E-state index is -0.361. The summed E-state index contributed by atoms with van der Waals surface area (Å²) < 4.78 is 15.4. The topological polar surface area (TPSA) is 94.2 Å². The van der Waals surface area contributed by atoms with Crippen LogP contribution in [0.25, 0.3) is 0 Å². The Labute approximate surface area is 159 Å². The molecule has 0 aliphatic carbocycles. The lowest BCUT2D eigenvalue weighted by molar-refractivity contribution is -0.143. The van der Waals surface area contributed by atoms with Crippen LogP contribution in [0.2, 0.25) is 0 Å². The fraction of sp³-hybridized carbons (Fsp3) is 0.526. The zero-order chi connectivity index (χ0) is 20.2. The van der Waals surface area contributed by atoms with Crippen LogP contribution in [0.1, 0.15) is 37.0 Å². The summed E-state index contributed by atoms with van der Waals surface area (Å²) in [6.45, 7) is 4.51. The third-order valence-corrected chi connectivity index (χ3v) is 3.76. The first-order chi connectivity index (χ1) is 12.9. The summed E-state index contributed by atoms with van der Waals surface area (Å²) in [7, 11) is 3.02. The van der Waals surface area contributed by atoms with Crippen LogP contribution in [-0.4, -0.2) is 63.1 Å². The molecule has 0 radical (unpaired) electrons. The molecule has 0 fully saturated rings. The monoisotopic (exact) mass is 380 g/mol. The summed E-state index contributed by atoms with van der Waals surface area (Å²) in [5, 5.41) is 2.69. The summed E-state index contributed by atoms with van der Waals surface area (Å²) in [4.78, 5) is 37.2. The molecular formula is C19H28N2O6. The Hall–Kier alpha value is -2.77. The van der Waals surface area contributed by atoms with E-state index in [0.717, 1.165) is 0 Å². The van der Waals surface area contributed by atoms with E-state index in [-0.39, 0.29) is 30.7 Å². The molecule has 0 spiro atoms. The van der Waals surface area contributed by atoms with E-state index in [1.165, 1.54) is 21.1 Å². The molecule has 8 nitrogen and oxygen atoms in total. The Bertz CT molecular complexity index is 625. The number of benzene rings is 1. The van der Waals surface area contributed by atoms with Crippen molar-refractivity contribution in [3.05, 3.63) is 23.8 Å². The number of ether oxygens (including phenoxy) is 3. The van der Waals surface area contributed by atoms with Gasteiger partial charge in [-0.1, -0.05) is 0 Å². The van der Waals surface area contributed by atoms with Gasteiger partial charge >= 0.3 is 5.97 Å². The Morgan fingerprint density at radius 2 is 1.67 bits per heavy atom. The van der Waals surface area contributed by atoms with Gasteiger partial charge in [-0.2, -0.15) is 0 Å². The molecule has 2 amide bonds. The van der Waals surface area contributed by atoms with Gasteiger partial charge in [-0.25, -0.2) is 0 Å². The summed E-state index contributed by atoms with van der Waals surface area (Å²) in [6, 6.07) is 4.92. The van der Waals surface area contributed by atoms with Crippen molar-refractivity contribution in [2.45, 2.75) is 26.7 Å². The highest BCUT2D eigenvalue weighted by Gasteiger charge is 2.19. The first kappa shape index (κ1) is 22.3. The van der Waals surface area contributed by atoms with E-state index in [4.69, 9.17) is 14.2 Å². The zero-order valence-corrected chi connectivity index (χ0v) is 16.4. The maximum absolute atomic E-state index is 13.0. The molecule has 0 unspecified atom stereocenters. The summed E-state index contributed by atoms with van der Waals surface area (Å²) in [5.41, 5.74) is 0.398. The van der Waals surface area contributed by atoms with Gasteiger partial charge in [-0.15, -0.1) is 0 Å². The standard InChI is InChI=1S/C19H28N2O6/c1-5-27-18(23)7-10-21(9-6-8-20-14(2)22)19(24)15-11-16(25-3)13-17(12-15)26-4/h11-13H,5-10H2,1-4H3,(H,20,22). The molecule has 0 saturated heterocycles. The number of rotatable bonds is 11. The molecule has 0 aliphatic rings. The van der Waals surface area contributed by atoms with Gasteiger partial charge in [-0.05, 0) is 25.5 Å². The van der Waals surface area contributed by atoms with E-state index < -0.39 is 0 Å². The van der Waals surface area contributed by atoms with E-state index >= 15 is 0 Å². The molecule has 1 N–H and O–H groups in total. The minimum absolute atomic E-state index is 0.0980. The summed E-state index contributed by atoms with van der Waals surface area (Å²) in [6.07, 6.45) is 0.663. The highest BCUT2D eigenvalue weighted by molar-refractivity contribution is 5.95. The Kier molecular flexibility index (Phi) is 9.71. The van der Waals surface area contributed by atoms with Crippen molar-refractivity contribution in [3.8, 4) is 11.5 Å². The smallest absolute Gasteiger partial charge is 0.307 e. The molecular weight excluding hydrogens is 352 g/mol. The largest absolute Gasteiger partial charge is 0.497 e. The number of hydrogen-bond acceptors (Lipinski definition) is 6. The molecule has 0 atom stereocenters. The molecule has 0 aliphatic heterocycles. The molecule has 1 aromatic rings. The number of esters is 1. The van der Waals surface area contributed by atoms with Crippen molar-refractivity contribution in [2.75, 3.05) is 40.5 Å². The van der Waals surface area contributed by atoms with E-state index in [1.54, 1.807) is 30.0 Å². The predicted octanol–water partition coefficient (Wildman–Crippen LogP) is 1.63. The van der Waals surface area contributed by atoms with Crippen LogP contribution < -0.4 is 14.8 Å². The second kappa shape index (κ2) is 11.8. The average molecular weight is 380 g/mol. The van der Waals surface area contributed by atoms with Gasteiger partial charge in [0.1, 0.15) is 11.5 Å². The van der Waals surface area contributed by atoms with Crippen molar-refractivity contribution >= 4 is 17.8 Å². The quantitative estimate of drug-likeness (QED) is 0.463. The molecule has 0 aromatic heterocycles. The van der Waals surface area contributed by atoms with Crippen LogP contribution in [0.5, 0.6) is 11.5 Å². The number of amides is 2. The highest BCUT2D eigenvalue weighted by atomic mass is 16.5. The first-order valence-electron chi connectivity index (χ1n) is 8.83. The third-order valence-electron chi connectivity index (χ3n) is 3.76. The van der Waals surface area contributed by atoms with E-state index in [1.807, 2.05) is 0 Å². The van der Waals surface area contributed by atoms with Crippen molar-refractivity contribution in [1.82, 2.24) is 10.2 Å². The molecule has 0 heterocycles. The van der Waals surface area contributed by atoms with Gasteiger partial charge in [0.25, 0.3) is 5.91 Å². The fourth-order valence-corrected chi connectivity index (χ4v) is 2.42. The lowest BCUT2D eigenvalue weighted by Gasteiger charge is -2.23. The molecule has 1 rings (SSSR count). The highest BCUT2D eigenvalue weighted by Crippen LogP contribution is 2.23. The molecule has 150 valence electrons. The average Bonchev–Trinajstić information content (AvgIpc) is 2.66. The molecule has 1 aromatic carbocycles. The van der Waals surface area contributed by atoms with Crippen LogP contribution >= 0.6 is 0 Å². The van der Waals surface area contributed by atoms with Gasteiger partial charge in [0, 0.05) is 38.2 Å². The second-order valence-electron chi connectivity index (χ2n) is 5.79. The predicted molar refractivity (Wildman–Crippen MR) is 100 cm³/mol. The van der Waals surface area contributed by atoms with E-state index in [2.05, 4.69) is 5.32 Å². The van der Waals surface area contributed by atoms with Crippen LogP contribution in [0.3, 0.4) is 0 Å². The minimum Gasteiger partial charge on any atom is -0.497 e. The van der Waals surface area contributed by atoms with Gasteiger partial charge < -0.3 is 24.4 Å². The number of nitrogens with zero attached hydrogens (tertiary/aromatic N) is 1. The van der Waals surface area contributed by atoms with Gasteiger partial charge in [0.15, 0.2) is 0 Å². The number of carbonyl (C=O) groups is 3. The third kappa shape index (κ3) is 7.98. The number of hydrogen-bond donors (Lipinski definition) is 1. The van der Waals surface area contributed by atoms with Gasteiger partial charge in [-0.3, -0.25) is 14.4 Å². The lowest BCUT2D eigenvalue weighted by Crippen LogP contribution is -2.36. The molecule has 8 heteroatoms. The van der Waals surface area contributed by atoms with Crippen molar-refractivity contribution in [1.29, 1.82) is 0 Å². The van der Waals surface area contributed by atoms with Crippen LogP contribution in [0.15, 0.2) is 18.2 Å². The summed E-state index contributed by atoms with van der Waals surface area (Å²) >= 11 is 0. The van der Waals surface area contributed by atoms with Crippen LogP contribution in [-0.2, 0) is 14.3 Å². The lowest BCUT2D eigenvalue weighted by atomic mass is 10.1. The number of carbonyl (C=O) groups excluding carboxylic acids is 3. The molecule has 0 bridgehead atoms. The fourth-order valence-electron chi connectivity index (χ4n) is 2.42. The van der Waals surface area contributed by atoms with Gasteiger partial charge in [0.05, 0.1) is 27.2 Å². The zero-order valence-electron chi connectivity index (χ0n) is 16.4. The normalized spacial score (nSPS) is 10.1. The maximum Gasteiger partial charge on any atom is 0.307 e. The molecule has 27 heavy (non-hydrogen) atoms. The van der Waals surface area contributed by atoms with Crippen molar-refractivity contribution < 1.29 is 28.6 Å². The Balaban J connectivity index is 2.89. The molecule has 0 saturated carbocycles. The van der Waals surface area contributed by atoms with Crippen molar-refractivity contribution in [2.24, 2.45) is 0 Å². The maximum atomic E-state index is 13.0. The number of nitrogens with one attached hydrogen (secondary N) is 1. The first-order valence-corrected chi connectivity index (χ1v) is 8.83. The Morgan fingerprint density at radius 1 is 1.04 bits per heavy atom. The van der Waals surface area contributed by atoms with Crippen molar-refractivity contribution in [3.63, 3.8) is 0 Å². The second-order valence-corrected chi connectivity index (χ2v) is 5.79. The number of methoxy groups -OCH3 is 2. The van der Waals surface area contributed by atoms with Crippen LogP contribution in [0, 0.1) is 0 Å².